The number of aromatic nitrogens is 5. The van der Waals surface area contributed by atoms with Crippen LogP contribution in [0.1, 0.15) is 35.7 Å². The summed E-state index contributed by atoms with van der Waals surface area (Å²) in [5.74, 6) is 0.170. The molecule has 2 fully saturated rings. The van der Waals surface area contributed by atoms with Crippen LogP contribution in [0.5, 0.6) is 0 Å². The molecule has 1 saturated carbocycles. The van der Waals surface area contributed by atoms with Crippen molar-refractivity contribution in [2.45, 2.75) is 31.5 Å². The van der Waals surface area contributed by atoms with E-state index in [1.807, 2.05) is 24.4 Å². The summed E-state index contributed by atoms with van der Waals surface area (Å²) in [5, 5.41) is 8.38. The lowest BCUT2D eigenvalue weighted by Gasteiger charge is -2.37. The maximum atomic E-state index is 11.8. The molecule has 4 aromatic rings. The van der Waals surface area contributed by atoms with E-state index in [-0.39, 0.29) is 0 Å². The van der Waals surface area contributed by atoms with E-state index in [1.165, 1.54) is 6.20 Å². The van der Waals surface area contributed by atoms with Gasteiger partial charge >= 0.3 is 0 Å². The van der Waals surface area contributed by atoms with Gasteiger partial charge in [-0.05, 0) is 38.4 Å². The number of hydrogen-bond acceptors (Lipinski definition) is 6. The molecule has 3 N–H and O–H groups in total. The number of pyridine rings is 1. The van der Waals surface area contributed by atoms with Crippen LogP contribution in [0, 0.1) is 0 Å². The Labute approximate surface area is 190 Å². The second-order valence-electron chi connectivity index (χ2n) is 8.66. The molecule has 1 amide bonds. The Balaban J connectivity index is 0.000000406. The highest BCUT2D eigenvalue weighted by Gasteiger charge is 2.28. The number of nitrogens with zero attached hydrogens (tertiary/aromatic N) is 6. The molecule has 0 aromatic carbocycles. The first-order chi connectivity index (χ1) is 16.0. The van der Waals surface area contributed by atoms with Crippen molar-refractivity contribution in [3.63, 3.8) is 0 Å². The van der Waals surface area contributed by atoms with Gasteiger partial charge in [0.1, 0.15) is 23.2 Å². The Morgan fingerprint density at radius 3 is 2.64 bits per heavy atom. The van der Waals surface area contributed by atoms with Gasteiger partial charge in [0.15, 0.2) is 5.65 Å². The minimum Gasteiger partial charge on any atom is -0.373 e. The van der Waals surface area contributed by atoms with Gasteiger partial charge in [-0.3, -0.25) is 4.79 Å². The summed E-state index contributed by atoms with van der Waals surface area (Å²) in [4.78, 5) is 23.4. The third-order valence-corrected chi connectivity index (χ3v) is 6.33. The molecular weight excluding hydrogens is 423 g/mol. The van der Waals surface area contributed by atoms with Crippen molar-refractivity contribution in [1.82, 2.24) is 29.0 Å². The lowest BCUT2D eigenvalue weighted by molar-refractivity contribution is 0.100. The zero-order valence-electron chi connectivity index (χ0n) is 18.7. The van der Waals surface area contributed by atoms with Crippen molar-refractivity contribution >= 4 is 28.4 Å². The van der Waals surface area contributed by atoms with Crippen LogP contribution in [0.25, 0.3) is 27.9 Å². The number of alkyl halides is 1. The molecule has 1 saturated heterocycles. The molecule has 0 atom stereocenters. The Morgan fingerprint density at radius 2 is 2.03 bits per heavy atom. The van der Waals surface area contributed by atoms with E-state index in [9.17, 15) is 9.18 Å². The van der Waals surface area contributed by atoms with Gasteiger partial charge in [-0.2, -0.15) is 9.61 Å². The van der Waals surface area contributed by atoms with Gasteiger partial charge in [0.2, 0.25) is 0 Å². The predicted molar refractivity (Wildman–Crippen MR) is 125 cm³/mol. The van der Waals surface area contributed by atoms with Gasteiger partial charge in [0.05, 0.1) is 17.9 Å². The first kappa shape index (κ1) is 21.3. The number of likely N-dealkylation sites (N-methyl/N-ethyl adjacent to an activating group) is 1. The summed E-state index contributed by atoms with van der Waals surface area (Å²) >= 11 is 0. The molecule has 172 valence electrons. The van der Waals surface area contributed by atoms with Crippen molar-refractivity contribution in [3.8, 4) is 11.3 Å². The lowest BCUT2D eigenvalue weighted by atomic mass is 9.98. The van der Waals surface area contributed by atoms with E-state index in [2.05, 4.69) is 38.1 Å². The Bertz CT molecular complexity index is 1320. The Hall–Kier alpha value is -3.53. The number of carbonyl (C=O) groups is 1. The molecule has 9 nitrogen and oxygen atoms in total. The SMILES string of the molecule is CNc1cc(-c2cn(C3CN(C)C3)c3ncccc23)nc2c(C(N)=O)cnn12.FC1CCC1. The average molecular weight is 451 g/mol. The van der Waals surface area contributed by atoms with Crippen LogP contribution in [-0.4, -0.2) is 68.3 Å². The normalized spacial score (nSPS) is 16.8. The van der Waals surface area contributed by atoms with Gasteiger partial charge < -0.3 is 20.5 Å². The summed E-state index contributed by atoms with van der Waals surface area (Å²) in [5.41, 5.74) is 8.87. The zero-order chi connectivity index (χ0) is 23.1. The molecule has 5 heterocycles. The van der Waals surface area contributed by atoms with Gasteiger partial charge in [0.25, 0.3) is 5.91 Å². The predicted octanol–water partition coefficient (Wildman–Crippen LogP) is 2.88. The van der Waals surface area contributed by atoms with Crippen molar-refractivity contribution in [2.75, 3.05) is 32.5 Å². The zero-order valence-corrected chi connectivity index (χ0v) is 18.7. The van der Waals surface area contributed by atoms with Crippen LogP contribution in [0.15, 0.2) is 36.8 Å². The molecule has 0 unspecified atom stereocenters. The number of halogens is 1. The Morgan fingerprint density at radius 1 is 1.27 bits per heavy atom. The smallest absolute Gasteiger partial charge is 0.254 e. The number of amides is 1. The van der Waals surface area contributed by atoms with Crippen molar-refractivity contribution < 1.29 is 9.18 Å². The molecule has 1 aliphatic carbocycles. The number of likely N-dealkylation sites (tertiary alicyclic amines) is 1. The fourth-order valence-corrected chi connectivity index (χ4v) is 4.22. The highest BCUT2D eigenvalue weighted by molar-refractivity contribution is 6.00. The van der Waals surface area contributed by atoms with Crippen molar-refractivity contribution in [1.29, 1.82) is 0 Å². The third-order valence-electron chi connectivity index (χ3n) is 6.33. The average Bonchev–Trinajstić information content (AvgIpc) is 3.37. The molecule has 0 radical (unpaired) electrons. The van der Waals surface area contributed by atoms with E-state index >= 15 is 0 Å². The van der Waals surface area contributed by atoms with Crippen LogP contribution < -0.4 is 11.1 Å². The maximum absolute atomic E-state index is 11.8. The first-order valence-electron chi connectivity index (χ1n) is 11.1. The first-order valence-corrected chi connectivity index (χ1v) is 11.1. The monoisotopic (exact) mass is 450 g/mol. The number of hydrogen-bond donors (Lipinski definition) is 2. The number of anilines is 1. The molecule has 10 heteroatoms. The standard InChI is InChI=1S/C19H20N8O.C4H7F/c1-21-16-6-15(24-19-13(17(20)28)7-23-27(16)19)14-10-26(11-8-25(2)9-11)18-12(14)4-3-5-22-18;5-4-2-1-3-4/h3-7,10-11,21H,8-9H2,1-2H3,(H2,20,28);4H,1-3H2. The van der Waals surface area contributed by atoms with Gasteiger partial charge in [-0.15, -0.1) is 0 Å². The number of fused-ring (bicyclic) bond motifs is 2. The quantitative estimate of drug-likeness (QED) is 0.495. The van der Waals surface area contributed by atoms with E-state index in [4.69, 9.17) is 10.7 Å². The number of rotatable bonds is 4. The summed E-state index contributed by atoms with van der Waals surface area (Å²) < 4.78 is 15.3. The highest BCUT2D eigenvalue weighted by Crippen LogP contribution is 2.34. The molecule has 4 aromatic heterocycles. The van der Waals surface area contributed by atoms with Crippen LogP contribution >= 0.6 is 0 Å². The number of nitrogens with two attached hydrogens (primary N) is 1. The van der Waals surface area contributed by atoms with Crippen molar-refractivity contribution in [3.05, 3.63) is 42.4 Å². The van der Waals surface area contributed by atoms with Crippen LogP contribution in [0.2, 0.25) is 0 Å². The van der Waals surface area contributed by atoms with Crippen LogP contribution in [0.3, 0.4) is 0 Å². The molecular formula is C23H27FN8O. The van der Waals surface area contributed by atoms with E-state index in [1.54, 1.807) is 11.6 Å². The lowest BCUT2D eigenvalue weighted by Crippen LogP contribution is -2.44. The number of primary amides is 1. The fourth-order valence-electron chi connectivity index (χ4n) is 4.22. The summed E-state index contributed by atoms with van der Waals surface area (Å²) in [6.45, 7) is 1.98. The van der Waals surface area contributed by atoms with Crippen molar-refractivity contribution in [2.24, 2.45) is 5.73 Å². The molecule has 2 aliphatic rings. The van der Waals surface area contributed by atoms with Gasteiger partial charge in [-0.25, -0.2) is 14.4 Å². The topological polar surface area (TPSA) is 106 Å². The minimum atomic E-state index is -0.552. The third kappa shape index (κ3) is 3.80. The molecule has 0 spiro atoms. The highest BCUT2D eigenvalue weighted by atomic mass is 19.1. The summed E-state index contributed by atoms with van der Waals surface area (Å²) in [6.07, 6.45) is 7.68. The minimum absolute atomic E-state index is 0.292. The van der Waals surface area contributed by atoms with E-state index < -0.39 is 12.1 Å². The van der Waals surface area contributed by atoms with Crippen LogP contribution in [-0.2, 0) is 0 Å². The molecule has 1 aliphatic heterocycles. The number of nitrogens with one attached hydrogen (secondary N) is 1. The number of carbonyl (C=O) groups excluding carboxylic acids is 1. The largest absolute Gasteiger partial charge is 0.373 e. The van der Waals surface area contributed by atoms with Gasteiger partial charge in [0, 0.05) is 49.5 Å². The summed E-state index contributed by atoms with van der Waals surface area (Å²) in [7, 11) is 3.91. The second-order valence-corrected chi connectivity index (χ2v) is 8.66. The maximum Gasteiger partial charge on any atom is 0.254 e. The van der Waals surface area contributed by atoms with E-state index in [0.29, 0.717) is 17.3 Å². The molecule has 0 bridgehead atoms. The molecule has 6 rings (SSSR count). The Kier molecular flexibility index (Phi) is 5.45. The second kappa shape index (κ2) is 8.43. The van der Waals surface area contributed by atoms with E-state index in [0.717, 1.165) is 60.5 Å². The fraction of sp³-hybridized carbons (Fsp3) is 0.391. The van der Waals surface area contributed by atoms with Gasteiger partial charge in [-0.1, -0.05) is 0 Å². The summed E-state index contributed by atoms with van der Waals surface area (Å²) in [6, 6.07) is 6.28. The molecule has 33 heavy (non-hydrogen) atoms. The van der Waals surface area contributed by atoms with Crippen LogP contribution in [0.4, 0.5) is 10.2 Å².